The van der Waals surface area contributed by atoms with Gasteiger partial charge in [-0.3, -0.25) is 4.79 Å². The summed E-state index contributed by atoms with van der Waals surface area (Å²) in [5.74, 6) is 0.690. The molecule has 0 aliphatic heterocycles. The predicted molar refractivity (Wildman–Crippen MR) is 90.1 cm³/mol. The Hall–Kier alpha value is -2.29. The molecule has 0 heterocycles. The van der Waals surface area contributed by atoms with Crippen LogP contribution >= 0.6 is 0 Å². The molecule has 0 unspecified atom stereocenters. The van der Waals surface area contributed by atoms with Crippen LogP contribution in [-0.2, 0) is 0 Å². The predicted octanol–water partition coefficient (Wildman–Crippen LogP) is 4.77. The second-order valence-electron chi connectivity index (χ2n) is 6.34. The maximum Gasteiger partial charge on any atom is 0.193 e. The molecule has 0 aromatic heterocycles. The molecule has 0 amide bonds. The first-order valence-electron chi connectivity index (χ1n) is 8.32. The summed E-state index contributed by atoms with van der Waals surface area (Å²) in [4.78, 5) is 12.6. The molecule has 2 N–H and O–H groups in total. The summed E-state index contributed by atoms with van der Waals surface area (Å²) in [6.45, 7) is 0. The van der Waals surface area contributed by atoms with Gasteiger partial charge in [0.2, 0.25) is 0 Å². The van der Waals surface area contributed by atoms with Gasteiger partial charge >= 0.3 is 0 Å². The van der Waals surface area contributed by atoms with Crippen molar-refractivity contribution in [2.45, 2.75) is 44.4 Å². The Morgan fingerprint density at radius 3 is 2.09 bits per heavy atom. The van der Waals surface area contributed by atoms with Crippen LogP contribution < -0.4 is 0 Å². The van der Waals surface area contributed by atoms with Gasteiger partial charge in [-0.2, -0.15) is 0 Å². The first kappa shape index (κ1) is 15.6. The van der Waals surface area contributed by atoms with Crippen molar-refractivity contribution >= 4 is 5.78 Å². The number of aromatic hydroxyl groups is 2. The molecule has 3 nitrogen and oxygen atoms in total. The number of carbonyl (C=O) groups is 1. The van der Waals surface area contributed by atoms with E-state index in [9.17, 15) is 15.0 Å². The standard InChI is InChI=1S/C20H22O3/c21-17-10-7-15(8-11-17)20(23)16-9-12-19(22)18(13-16)14-5-3-1-2-4-6-14/h7-14,21-22H,1-6H2. The molecule has 1 saturated carbocycles. The van der Waals surface area contributed by atoms with Crippen molar-refractivity contribution in [3.8, 4) is 11.5 Å². The number of hydrogen-bond acceptors (Lipinski definition) is 3. The van der Waals surface area contributed by atoms with E-state index >= 15 is 0 Å². The Kier molecular flexibility index (Phi) is 4.65. The number of phenols is 2. The molecule has 1 fully saturated rings. The lowest BCUT2D eigenvalue weighted by molar-refractivity contribution is 0.103. The maximum atomic E-state index is 12.6. The zero-order valence-electron chi connectivity index (χ0n) is 13.2. The first-order valence-corrected chi connectivity index (χ1v) is 8.32. The van der Waals surface area contributed by atoms with E-state index in [4.69, 9.17) is 0 Å². The van der Waals surface area contributed by atoms with E-state index in [2.05, 4.69) is 0 Å². The van der Waals surface area contributed by atoms with Crippen molar-refractivity contribution in [3.05, 3.63) is 59.2 Å². The van der Waals surface area contributed by atoms with Crippen molar-refractivity contribution in [2.24, 2.45) is 0 Å². The van der Waals surface area contributed by atoms with Crippen molar-refractivity contribution in [1.82, 2.24) is 0 Å². The Balaban J connectivity index is 1.90. The zero-order valence-corrected chi connectivity index (χ0v) is 13.2. The van der Waals surface area contributed by atoms with Gasteiger partial charge in [0, 0.05) is 11.1 Å². The van der Waals surface area contributed by atoms with Crippen molar-refractivity contribution in [1.29, 1.82) is 0 Å². The van der Waals surface area contributed by atoms with Crippen molar-refractivity contribution in [2.75, 3.05) is 0 Å². The quantitative estimate of drug-likeness (QED) is 0.634. The molecule has 3 heteroatoms. The van der Waals surface area contributed by atoms with E-state index in [1.807, 2.05) is 6.07 Å². The van der Waals surface area contributed by atoms with Crippen LogP contribution in [0.1, 0.15) is 65.9 Å². The van der Waals surface area contributed by atoms with Crippen LogP contribution in [0, 0.1) is 0 Å². The minimum Gasteiger partial charge on any atom is -0.508 e. The van der Waals surface area contributed by atoms with Crippen LogP contribution in [0.25, 0.3) is 0 Å². The molecule has 1 aliphatic rings. The molecule has 2 aromatic carbocycles. The van der Waals surface area contributed by atoms with E-state index in [0.29, 0.717) is 22.8 Å². The maximum absolute atomic E-state index is 12.6. The second-order valence-corrected chi connectivity index (χ2v) is 6.34. The third-order valence-electron chi connectivity index (χ3n) is 4.71. The Labute approximate surface area is 136 Å². The number of benzene rings is 2. The molecule has 0 radical (unpaired) electrons. The van der Waals surface area contributed by atoms with Crippen molar-refractivity contribution in [3.63, 3.8) is 0 Å². The Morgan fingerprint density at radius 2 is 1.43 bits per heavy atom. The van der Waals surface area contributed by atoms with Gasteiger partial charge in [-0.25, -0.2) is 0 Å². The normalized spacial score (nSPS) is 16.0. The van der Waals surface area contributed by atoms with Crippen LogP contribution in [0.15, 0.2) is 42.5 Å². The largest absolute Gasteiger partial charge is 0.508 e. The highest BCUT2D eigenvalue weighted by atomic mass is 16.3. The molecule has 120 valence electrons. The van der Waals surface area contributed by atoms with Crippen LogP contribution in [0.3, 0.4) is 0 Å². The average molecular weight is 310 g/mol. The summed E-state index contributed by atoms with van der Waals surface area (Å²) in [7, 11) is 0. The van der Waals surface area contributed by atoms with Crippen LogP contribution in [0.4, 0.5) is 0 Å². The summed E-state index contributed by atoms with van der Waals surface area (Å²) in [5, 5.41) is 19.6. The molecule has 1 aliphatic carbocycles. The molecule has 23 heavy (non-hydrogen) atoms. The molecule has 0 saturated heterocycles. The minimum atomic E-state index is -0.0835. The highest BCUT2D eigenvalue weighted by Crippen LogP contribution is 2.36. The summed E-state index contributed by atoms with van der Waals surface area (Å²) >= 11 is 0. The fourth-order valence-electron chi connectivity index (χ4n) is 3.39. The molecule has 0 bridgehead atoms. The van der Waals surface area contributed by atoms with Gasteiger partial charge in [0.1, 0.15) is 11.5 Å². The Bertz CT molecular complexity index is 681. The van der Waals surface area contributed by atoms with Gasteiger partial charge in [-0.05, 0) is 66.8 Å². The number of hydrogen-bond donors (Lipinski definition) is 2. The Morgan fingerprint density at radius 1 is 0.826 bits per heavy atom. The van der Waals surface area contributed by atoms with Gasteiger partial charge in [-0.15, -0.1) is 0 Å². The molecular weight excluding hydrogens is 288 g/mol. The van der Waals surface area contributed by atoms with Gasteiger partial charge < -0.3 is 10.2 Å². The van der Waals surface area contributed by atoms with Gasteiger partial charge in [0.05, 0.1) is 0 Å². The summed E-state index contributed by atoms with van der Waals surface area (Å²) in [6.07, 6.45) is 7.02. The second kappa shape index (κ2) is 6.86. The number of phenolic OH excluding ortho intramolecular Hbond substituents is 2. The minimum absolute atomic E-state index is 0.0835. The van der Waals surface area contributed by atoms with Crippen molar-refractivity contribution < 1.29 is 15.0 Å². The smallest absolute Gasteiger partial charge is 0.193 e. The highest BCUT2D eigenvalue weighted by Gasteiger charge is 2.19. The number of rotatable bonds is 3. The summed E-state index contributed by atoms with van der Waals surface area (Å²) < 4.78 is 0. The third-order valence-corrected chi connectivity index (χ3v) is 4.71. The number of carbonyl (C=O) groups excluding carboxylic acids is 1. The van der Waals surface area contributed by atoms with Crippen LogP contribution in [0.2, 0.25) is 0 Å². The highest BCUT2D eigenvalue weighted by molar-refractivity contribution is 6.09. The molecule has 0 atom stereocenters. The molecule has 3 rings (SSSR count). The molecule has 2 aromatic rings. The monoisotopic (exact) mass is 310 g/mol. The number of ketones is 1. The van der Waals surface area contributed by atoms with E-state index in [1.54, 1.807) is 24.3 Å². The summed E-state index contributed by atoms with van der Waals surface area (Å²) in [5.41, 5.74) is 2.03. The fraction of sp³-hybridized carbons (Fsp3) is 0.350. The zero-order chi connectivity index (χ0) is 16.2. The lowest BCUT2D eigenvalue weighted by Crippen LogP contribution is -2.04. The van der Waals surface area contributed by atoms with E-state index in [-0.39, 0.29) is 11.5 Å². The molecule has 0 spiro atoms. The topological polar surface area (TPSA) is 57.5 Å². The fourth-order valence-corrected chi connectivity index (χ4v) is 3.39. The lowest BCUT2D eigenvalue weighted by Gasteiger charge is -2.17. The summed E-state index contributed by atoms with van der Waals surface area (Å²) in [6, 6.07) is 11.4. The van der Waals surface area contributed by atoms with Crippen LogP contribution in [0.5, 0.6) is 11.5 Å². The first-order chi connectivity index (χ1) is 11.1. The molecular formula is C20H22O3. The third kappa shape index (κ3) is 3.55. The van der Waals surface area contributed by atoms with Crippen LogP contribution in [-0.4, -0.2) is 16.0 Å². The lowest BCUT2D eigenvalue weighted by atomic mass is 9.89. The SMILES string of the molecule is O=C(c1ccc(O)cc1)c1ccc(O)c(C2CCCCCC2)c1. The van der Waals surface area contributed by atoms with Gasteiger partial charge in [0.15, 0.2) is 5.78 Å². The average Bonchev–Trinajstić information content (AvgIpc) is 2.84. The van der Waals surface area contributed by atoms with E-state index in [1.165, 1.54) is 37.8 Å². The van der Waals surface area contributed by atoms with Gasteiger partial charge in [0.25, 0.3) is 0 Å². The van der Waals surface area contributed by atoms with E-state index < -0.39 is 0 Å². The van der Waals surface area contributed by atoms with Gasteiger partial charge in [-0.1, -0.05) is 25.7 Å². The van der Waals surface area contributed by atoms with E-state index in [0.717, 1.165) is 18.4 Å².